The molecule has 1 aromatic rings. The quantitative estimate of drug-likeness (QED) is 0.450. The van der Waals surface area contributed by atoms with Gasteiger partial charge in [-0.05, 0) is 25.3 Å². The molecule has 2 unspecified atom stereocenters. The number of hydrogen-bond donors (Lipinski definition) is 3. The van der Waals surface area contributed by atoms with Gasteiger partial charge < -0.3 is 16.4 Å². The van der Waals surface area contributed by atoms with Gasteiger partial charge in [-0.1, -0.05) is 30.3 Å². The highest BCUT2D eigenvalue weighted by Gasteiger charge is 2.41. The number of nitrogens with zero attached hydrogens (tertiary/aromatic N) is 1. The molecule has 1 aliphatic rings. The first-order valence-electron chi connectivity index (χ1n) is 8.13. The van der Waals surface area contributed by atoms with Crippen LogP contribution in [0.15, 0.2) is 30.3 Å². The predicted octanol–water partition coefficient (Wildman–Crippen LogP) is -0.0803. The first-order valence-corrected chi connectivity index (χ1v) is 8.13. The highest BCUT2D eigenvalue weighted by molar-refractivity contribution is 6.07. The smallest absolute Gasteiger partial charge is 0.325 e. The molecule has 8 nitrogen and oxygen atoms in total. The van der Waals surface area contributed by atoms with Crippen LogP contribution in [0.4, 0.5) is 4.79 Å². The van der Waals surface area contributed by atoms with Crippen LogP contribution in [0.3, 0.4) is 0 Å². The Hall–Kier alpha value is -2.90. The van der Waals surface area contributed by atoms with Crippen LogP contribution < -0.4 is 16.4 Å². The normalized spacial score (nSPS) is 18.0. The summed E-state index contributed by atoms with van der Waals surface area (Å²) < 4.78 is 0. The largest absolute Gasteiger partial charge is 0.368 e. The third-order valence-electron chi connectivity index (χ3n) is 3.99. The zero-order valence-corrected chi connectivity index (χ0v) is 14.0. The van der Waals surface area contributed by atoms with Gasteiger partial charge in [-0.15, -0.1) is 0 Å². The van der Waals surface area contributed by atoms with E-state index in [0.717, 1.165) is 10.5 Å². The number of nitrogens with one attached hydrogen (secondary N) is 2. The van der Waals surface area contributed by atoms with Crippen molar-refractivity contribution in [1.82, 2.24) is 15.5 Å². The minimum absolute atomic E-state index is 0.134. The molecule has 1 aromatic carbocycles. The molecule has 0 saturated carbocycles. The lowest BCUT2D eigenvalue weighted by Gasteiger charge is -2.22. The number of carbonyl (C=O) groups is 4. The Bertz CT molecular complexity index is 662. The van der Waals surface area contributed by atoms with Crippen LogP contribution in [-0.2, 0) is 20.8 Å². The van der Waals surface area contributed by atoms with E-state index >= 15 is 0 Å². The van der Waals surface area contributed by atoms with Gasteiger partial charge in [0.05, 0.1) is 6.42 Å². The summed E-state index contributed by atoms with van der Waals surface area (Å²) in [5, 5.41) is 5.20. The summed E-state index contributed by atoms with van der Waals surface area (Å²) in [6, 6.07) is 7.03. The maximum absolute atomic E-state index is 12.0. The number of nitrogens with two attached hydrogens (primary N) is 1. The zero-order valence-electron chi connectivity index (χ0n) is 14.0. The maximum atomic E-state index is 12.0. The molecule has 1 heterocycles. The second kappa shape index (κ2) is 8.27. The van der Waals surface area contributed by atoms with Gasteiger partial charge >= 0.3 is 6.03 Å². The molecular weight excluding hydrogens is 324 g/mol. The molecule has 1 fully saturated rings. The summed E-state index contributed by atoms with van der Waals surface area (Å²) in [7, 11) is 0. The van der Waals surface area contributed by atoms with Gasteiger partial charge in [-0.3, -0.25) is 14.4 Å². The third kappa shape index (κ3) is 4.79. The summed E-state index contributed by atoms with van der Waals surface area (Å²) in [5.41, 5.74) is 6.24. The lowest BCUT2D eigenvalue weighted by Crippen LogP contribution is -2.48. The van der Waals surface area contributed by atoms with Crippen LogP contribution >= 0.6 is 0 Å². The fourth-order valence-electron chi connectivity index (χ4n) is 2.69. The standard InChI is InChI=1S/C17H22N4O4/c1-11-16(24)21(17(25)20-11)13(15(18)23)8-5-9-19-14(22)10-12-6-3-2-4-7-12/h2-4,6-7,11,13H,5,8-10H2,1H3,(H2,18,23)(H,19,22)(H,20,25). The minimum atomic E-state index is -1.01. The Kier molecular flexibility index (Phi) is 6.10. The van der Waals surface area contributed by atoms with E-state index in [4.69, 9.17) is 5.73 Å². The van der Waals surface area contributed by atoms with Gasteiger partial charge in [0.15, 0.2) is 0 Å². The number of primary amides is 1. The summed E-state index contributed by atoms with van der Waals surface area (Å²) in [4.78, 5) is 48.1. The van der Waals surface area contributed by atoms with Crippen molar-refractivity contribution >= 4 is 23.8 Å². The number of rotatable bonds is 8. The Morgan fingerprint density at radius 2 is 1.96 bits per heavy atom. The molecule has 0 spiro atoms. The van der Waals surface area contributed by atoms with Crippen LogP contribution in [0, 0.1) is 0 Å². The topological polar surface area (TPSA) is 122 Å². The highest BCUT2D eigenvalue weighted by atomic mass is 16.2. The fourth-order valence-corrected chi connectivity index (χ4v) is 2.69. The van der Waals surface area contributed by atoms with E-state index in [1.165, 1.54) is 0 Å². The monoisotopic (exact) mass is 346 g/mol. The van der Waals surface area contributed by atoms with Crippen molar-refractivity contribution in [2.24, 2.45) is 5.73 Å². The number of benzene rings is 1. The molecule has 1 aliphatic heterocycles. The van der Waals surface area contributed by atoms with Gasteiger partial charge in [0, 0.05) is 6.54 Å². The SMILES string of the molecule is CC1NC(=O)N(C(CCCNC(=O)Cc2ccccc2)C(N)=O)C1=O. The van der Waals surface area contributed by atoms with E-state index in [2.05, 4.69) is 10.6 Å². The molecule has 134 valence electrons. The number of hydrogen-bond acceptors (Lipinski definition) is 4. The molecule has 0 aromatic heterocycles. The van der Waals surface area contributed by atoms with Crippen molar-refractivity contribution < 1.29 is 19.2 Å². The minimum Gasteiger partial charge on any atom is -0.368 e. The zero-order chi connectivity index (χ0) is 18.4. The Labute approximate surface area is 145 Å². The molecule has 5 amide bonds. The molecule has 0 aliphatic carbocycles. The van der Waals surface area contributed by atoms with Crippen molar-refractivity contribution in [3.8, 4) is 0 Å². The molecule has 25 heavy (non-hydrogen) atoms. The second-order valence-electron chi connectivity index (χ2n) is 5.95. The number of imide groups is 1. The molecule has 0 bridgehead atoms. The number of urea groups is 1. The fraction of sp³-hybridized carbons (Fsp3) is 0.412. The van der Waals surface area contributed by atoms with E-state index in [1.807, 2.05) is 30.3 Å². The van der Waals surface area contributed by atoms with Crippen molar-refractivity contribution in [3.05, 3.63) is 35.9 Å². The van der Waals surface area contributed by atoms with E-state index in [1.54, 1.807) is 6.92 Å². The molecule has 1 saturated heterocycles. The Morgan fingerprint density at radius 1 is 1.28 bits per heavy atom. The molecular formula is C17H22N4O4. The Balaban J connectivity index is 1.80. The van der Waals surface area contributed by atoms with E-state index in [9.17, 15) is 19.2 Å². The first kappa shape index (κ1) is 18.4. The summed E-state index contributed by atoms with van der Waals surface area (Å²) in [6.07, 6.45) is 0.886. The highest BCUT2D eigenvalue weighted by Crippen LogP contribution is 2.14. The second-order valence-corrected chi connectivity index (χ2v) is 5.95. The van der Waals surface area contributed by atoms with Crippen LogP contribution in [-0.4, -0.2) is 47.3 Å². The summed E-state index contributed by atoms with van der Waals surface area (Å²) in [5.74, 6) is -1.35. The van der Waals surface area contributed by atoms with Crippen LogP contribution in [0.5, 0.6) is 0 Å². The predicted molar refractivity (Wildman–Crippen MR) is 90.2 cm³/mol. The molecule has 2 rings (SSSR count). The molecule has 2 atom stereocenters. The average molecular weight is 346 g/mol. The van der Waals surface area contributed by atoms with E-state index in [0.29, 0.717) is 13.0 Å². The van der Waals surface area contributed by atoms with Crippen LogP contribution in [0.2, 0.25) is 0 Å². The summed E-state index contributed by atoms with van der Waals surface area (Å²) >= 11 is 0. The average Bonchev–Trinajstić information content (AvgIpc) is 2.81. The number of amides is 5. The van der Waals surface area contributed by atoms with E-state index in [-0.39, 0.29) is 18.7 Å². The number of carbonyl (C=O) groups excluding carboxylic acids is 4. The third-order valence-corrected chi connectivity index (χ3v) is 3.99. The maximum Gasteiger partial charge on any atom is 0.325 e. The van der Waals surface area contributed by atoms with E-state index < -0.39 is 29.9 Å². The van der Waals surface area contributed by atoms with Gasteiger partial charge in [0.1, 0.15) is 12.1 Å². The Morgan fingerprint density at radius 3 is 2.52 bits per heavy atom. The van der Waals surface area contributed by atoms with Gasteiger partial charge in [-0.2, -0.15) is 0 Å². The molecule has 0 radical (unpaired) electrons. The molecule has 4 N–H and O–H groups in total. The lowest BCUT2D eigenvalue weighted by atomic mass is 10.1. The lowest BCUT2D eigenvalue weighted by molar-refractivity contribution is -0.134. The summed E-state index contributed by atoms with van der Waals surface area (Å²) in [6.45, 7) is 1.87. The van der Waals surface area contributed by atoms with Crippen LogP contribution in [0.25, 0.3) is 0 Å². The molecule has 8 heteroatoms. The van der Waals surface area contributed by atoms with Gasteiger partial charge in [-0.25, -0.2) is 9.69 Å². The van der Waals surface area contributed by atoms with Gasteiger partial charge in [0.25, 0.3) is 5.91 Å². The van der Waals surface area contributed by atoms with Crippen molar-refractivity contribution in [3.63, 3.8) is 0 Å². The van der Waals surface area contributed by atoms with Crippen molar-refractivity contribution in [2.45, 2.75) is 38.3 Å². The van der Waals surface area contributed by atoms with Crippen LogP contribution in [0.1, 0.15) is 25.3 Å². The first-order chi connectivity index (χ1) is 11.9. The van der Waals surface area contributed by atoms with Crippen molar-refractivity contribution in [1.29, 1.82) is 0 Å². The van der Waals surface area contributed by atoms with Crippen molar-refractivity contribution in [2.75, 3.05) is 6.54 Å². The van der Waals surface area contributed by atoms with Gasteiger partial charge in [0.2, 0.25) is 11.8 Å².